The summed E-state index contributed by atoms with van der Waals surface area (Å²) in [5.41, 5.74) is 0.275. The average Bonchev–Trinajstić information content (AvgIpc) is 2.98. The lowest BCUT2D eigenvalue weighted by Crippen LogP contribution is -2.32. The van der Waals surface area contributed by atoms with E-state index in [1.54, 1.807) is 11.0 Å². The Morgan fingerprint density at radius 3 is 2.75 bits per heavy atom. The Morgan fingerprint density at radius 1 is 1.45 bits per heavy atom. The van der Waals surface area contributed by atoms with Crippen molar-refractivity contribution >= 4 is 17.3 Å². The molecule has 0 aliphatic carbocycles. The van der Waals surface area contributed by atoms with Crippen molar-refractivity contribution in [2.45, 2.75) is 12.8 Å². The molecule has 1 aromatic rings. The van der Waals surface area contributed by atoms with Crippen LogP contribution < -0.4 is 5.32 Å². The summed E-state index contributed by atoms with van der Waals surface area (Å²) in [6, 6.07) is 5.93. The van der Waals surface area contributed by atoms with E-state index in [1.807, 2.05) is 0 Å². The Bertz CT molecular complexity index is 573. The van der Waals surface area contributed by atoms with Crippen LogP contribution in [0, 0.1) is 21.4 Å². The molecule has 0 saturated carbocycles. The van der Waals surface area contributed by atoms with E-state index in [0.717, 1.165) is 25.9 Å². The molecule has 1 aromatic carbocycles. The number of nitro groups is 1. The molecule has 1 aliphatic rings. The highest BCUT2D eigenvalue weighted by Crippen LogP contribution is 2.21. The molecule has 1 heterocycles. The normalized spacial score (nSPS) is 13.8. The second-order valence-corrected chi connectivity index (χ2v) is 4.54. The number of benzene rings is 1. The van der Waals surface area contributed by atoms with Crippen LogP contribution in [0.2, 0.25) is 0 Å². The van der Waals surface area contributed by atoms with Crippen molar-refractivity contribution < 1.29 is 9.72 Å². The van der Waals surface area contributed by atoms with E-state index in [2.05, 4.69) is 5.32 Å². The Hall–Kier alpha value is -2.62. The summed E-state index contributed by atoms with van der Waals surface area (Å²) in [5.74, 6) is -0.000592. The minimum absolute atomic E-state index is 0.000592. The van der Waals surface area contributed by atoms with Gasteiger partial charge in [0.2, 0.25) is 5.91 Å². The van der Waals surface area contributed by atoms with Crippen molar-refractivity contribution in [2.75, 3.05) is 25.0 Å². The lowest BCUT2D eigenvalue weighted by molar-refractivity contribution is -0.385. The second kappa shape index (κ2) is 6.02. The third-order valence-electron chi connectivity index (χ3n) is 3.22. The van der Waals surface area contributed by atoms with Gasteiger partial charge < -0.3 is 10.2 Å². The first kappa shape index (κ1) is 13.8. The summed E-state index contributed by atoms with van der Waals surface area (Å²) in [6.07, 6.45) is 2.06. The summed E-state index contributed by atoms with van der Waals surface area (Å²) in [6.45, 7) is 1.69. The zero-order valence-corrected chi connectivity index (χ0v) is 10.8. The minimum Gasteiger partial charge on any atom is -0.376 e. The van der Waals surface area contributed by atoms with Gasteiger partial charge in [0, 0.05) is 24.8 Å². The molecule has 1 saturated heterocycles. The SMILES string of the molecule is N#Cc1cc(NCC(=O)N2CCCC2)ccc1[N+](=O)[O-]. The number of rotatable bonds is 4. The van der Waals surface area contributed by atoms with Gasteiger partial charge in [0.1, 0.15) is 11.6 Å². The molecule has 1 N–H and O–H groups in total. The fourth-order valence-electron chi connectivity index (χ4n) is 2.15. The van der Waals surface area contributed by atoms with Crippen molar-refractivity contribution in [3.63, 3.8) is 0 Å². The lowest BCUT2D eigenvalue weighted by Gasteiger charge is -2.16. The van der Waals surface area contributed by atoms with Crippen LogP contribution in [-0.4, -0.2) is 35.4 Å². The number of hydrogen-bond acceptors (Lipinski definition) is 5. The molecule has 0 atom stereocenters. The second-order valence-electron chi connectivity index (χ2n) is 4.54. The van der Waals surface area contributed by atoms with E-state index < -0.39 is 4.92 Å². The summed E-state index contributed by atoms with van der Waals surface area (Å²) in [4.78, 5) is 23.7. The smallest absolute Gasteiger partial charge is 0.287 e. The first-order valence-electron chi connectivity index (χ1n) is 6.32. The van der Waals surface area contributed by atoms with Crippen molar-refractivity contribution in [1.82, 2.24) is 4.90 Å². The number of nitriles is 1. The molecule has 2 rings (SSSR count). The molecule has 20 heavy (non-hydrogen) atoms. The van der Waals surface area contributed by atoms with Crippen LogP contribution in [0.15, 0.2) is 18.2 Å². The maximum absolute atomic E-state index is 11.8. The maximum atomic E-state index is 11.8. The van der Waals surface area contributed by atoms with Crippen LogP contribution in [0.1, 0.15) is 18.4 Å². The molecule has 1 aliphatic heterocycles. The Morgan fingerprint density at radius 2 is 2.15 bits per heavy atom. The van der Waals surface area contributed by atoms with Gasteiger partial charge >= 0.3 is 0 Å². The van der Waals surface area contributed by atoms with E-state index >= 15 is 0 Å². The minimum atomic E-state index is -0.599. The largest absolute Gasteiger partial charge is 0.376 e. The number of carbonyl (C=O) groups excluding carboxylic acids is 1. The Balaban J connectivity index is 2.01. The van der Waals surface area contributed by atoms with Crippen LogP contribution in [-0.2, 0) is 4.79 Å². The van der Waals surface area contributed by atoms with Gasteiger partial charge in [0.05, 0.1) is 11.5 Å². The van der Waals surface area contributed by atoms with Crippen LogP contribution in [0.25, 0.3) is 0 Å². The van der Waals surface area contributed by atoms with Gasteiger partial charge in [-0.05, 0) is 25.0 Å². The molecule has 0 bridgehead atoms. The average molecular weight is 274 g/mol. The van der Waals surface area contributed by atoms with Crippen LogP contribution in [0.3, 0.4) is 0 Å². The first-order valence-corrected chi connectivity index (χ1v) is 6.32. The number of nitrogens with zero attached hydrogens (tertiary/aromatic N) is 3. The van der Waals surface area contributed by atoms with Gasteiger partial charge in [-0.15, -0.1) is 0 Å². The summed E-state index contributed by atoms with van der Waals surface area (Å²) in [7, 11) is 0. The van der Waals surface area contributed by atoms with E-state index in [1.165, 1.54) is 18.2 Å². The first-order chi connectivity index (χ1) is 9.61. The van der Waals surface area contributed by atoms with E-state index in [-0.39, 0.29) is 23.7 Å². The fraction of sp³-hybridized carbons (Fsp3) is 0.385. The fourth-order valence-corrected chi connectivity index (χ4v) is 2.15. The molecule has 0 spiro atoms. The topological polar surface area (TPSA) is 99.3 Å². The van der Waals surface area contributed by atoms with Gasteiger partial charge in [0.25, 0.3) is 5.69 Å². The van der Waals surface area contributed by atoms with Gasteiger partial charge in [-0.3, -0.25) is 14.9 Å². The van der Waals surface area contributed by atoms with Crippen LogP contribution in [0.4, 0.5) is 11.4 Å². The third-order valence-corrected chi connectivity index (χ3v) is 3.22. The number of nitrogens with one attached hydrogen (secondary N) is 1. The molecular formula is C13H14N4O3. The van der Waals surface area contributed by atoms with Gasteiger partial charge in [-0.2, -0.15) is 5.26 Å². The monoisotopic (exact) mass is 274 g/mol. The number of likely N-dealkylation sites (tertiary alicyclic amines) is 1. The van der Waals surface area contributed by atoms with E-state index in [4.69, 9.17) is 5.26 Å². The predicted molar refractivity (Wildman–Crippen MR) is 72.1 cm³/mol. The molecule has 7 heteroatoms. The molecule has 104 valence electrons. The molecule has 0 radical (unpaired) electrons. The maximum Gasteiger partial charge on any atom is 0.287 e. The number of anilines is 1. The standard InChI is InChI=1S/C13H14N4O3/c14-8-10-7-11(3-4-12(10)17(19)20)15-9-13(18)16-5-1-2-6-16/h3-4,7,15H,1-2,5-6,9H2. The number of hydrogen-bond donors (Lipinski definition) is 1. The van der Waals surface area contributed by atoms with Crippen molar-refractivity contribution in [3.8, 4) is 6.07 Å². The highest BCUT2D eigenvalue weighted by Gasteiger charge is 2.18. The molecule has 7 nitrogen and oxygen atoms in total. The molecule has 0 aromatic heterocycles. The van der Waals surface area contributed by atoms with Crippen molar-refractivity contribution in [3.05, 3.63) is 33.9 Å². The highest BCUT2D eigenvalue weighted by atomic mass is 16.6. The van der Waals surface area contributed by atoms with Gasteiger partial charge in [-0.25, -0.2) is 0 Å². The van der Waals surface area contributed by atoms with E-state index in [0.29, 0.717) is 5.69 Å². The molecule has 1 amide bonds. The van der Waals surface area contributed by atoms with Gasteiger partial charge in [-0.1, -0.05) is 0 Å². The van der Waals surface area contributed by atoms with Crippen LogP contribution in [0.5, 0.6) is 0 Å². The summed E-state index contributed by atoms with van der Waals surface area (Å²) in [5, 5.41) is 22.5. The molecule has 0 unspecified atom stereocenters. The number of carbonyl (C=O) groups is 1. The quantitative estimate of drug-likeness (QED) is 0.662. The van der Waals surface area contributed by atoms with Crippen LogP contribution >= 0.6 is 0 Å². The Kier molecular flexibility index (Phi) is 4.15. The van der Waals surface area contributed by atoms with Crippen molar-refractivity contribution in [2.24, 2.45) is 0 Å². The molecule has 1 fully saturated rings. The zero-order chi connectivity index (χ0) is 14.5. The third kappa shape index (κ3) is 3.03. The van der Waals surface area contributed by atoms with Crippen molar-refractivity contribution in [1.29, 1.82) is 5.26 Å². The zero-order valence-electron chi connectivity index (χ0n) is 10.8. The lowest BCUT2D eigenvalue weighted by atomic mass is 10.2. The highest BCUT2D eigenvalue weighted by molar-refractivity contribution is 5.81. The Labute approximate surface area is 115 Å². The van der Waals surface area contributed by atoms with Gasteiger partial charge in [0.15, 0.2) is 0 Å². The summed E-state index contributed by atoms with van der Waals surface area (Å²) < 4.78 is 0. The van der Waals surface area contributed by atoms with E-state index in [9.17, 15) is 14.9 Å². The predicted octanol–water partition coefficient (Wildman–Crippen LogP) is 1.50. The number of amides is 1. The summed E-state index contributed by atoms with van der Waals surface area (Å²) >= 11 is 0. The molecular weight excluding hydrogens is 260 g/mol. The number of nitro benzene ring substituents is 1.